The van der Waals surface area contributed by atoms with Crippen LogP contribution < -0.4 is 0 Å². The maximum atomic E-state index is 11.4. The smallest absolute Gasteiger partial charge is 0.337 e. The van der Waals surface area contributed by atoms with E-state index in [1.54, 1.807) is 25.1 Å². The van der Waals surface area contributed by atoms with Gasteiger partial charge in [-0.15, -0.1) is 0 Å². The number of hydrogen-bond donors (Lipinski definition) is 0. The molecule has 3 heteroatoms. The second-order valence-electron chi connectivity index (χ2n) is 4.21. The Balaban J connectivity index is 2.34. The number of benzene rings is 2. The Kier molecular flexibility index (Phi) is 3.76. The predicted octanol–water partition coefficient (Wildman–Crippen LogP) is 3.34. The maximum absolute atomic E-state index is 11.4. The molecule has 3 nitrogen and oxygen atoms in total. The first kappa shape index (κ1) is 13.0. The van der Waals surface area contributed by atoms with E-state index in [0.717, 1.165) is 11.1 Å². The largest absolute Gasteiger partial charge is 0.465 e. The highest BCUT2D eigenvalue weighted by Gasteiger charge is 2.06. The summed E-state index contributed by atoms with van der Waals surface area (Å²) in [5.74, 6) is -0.322. The van der Waals surface area contributed by atoms with Gasteiger partial charge in [0.1, 0.15) is 0 Å². The number of hydrogen-bond acceptors (Lipinski definition) is 3. The van der Waals surface area contributed by atoms with Gasteiger partial charge < -0.3 is 4.74 Å². The van der Waals surface area contributed by atoms with Crippen LogP contribution in [0.3, 0.4) is 0 Å². The standard InChI is InChI=1S/C16H14O3/c1-11(17)14-4-3-5-15(10-14)12-6-8-13(9-7-12)16(18)19-2/h3-10H,1-2H3. The van der Waals surface area contributed by atoms with Gasteiger partial charge in [0, 0.05) is 5.56 Å². The van der Waals surface area contributed by atoms with E-state index >= 15 is 0 Å². The summed E-state index contributed by atoms with van der Waals surface area (Å²) >= 11 is 0. The normalized spacial score (nSPS) is 10.0. The van der Waals surface area contributed by atoms with Crippen LogP contribution in [-0.2, 0) is 4.74 Å². The summed E-state index contributed by atoms with van der Waals surface area (Å²) in [6.07, 6.45) is 0. The van der Waals surface area contributed by atoms with Crippen LogP contribution in [0.5, 0.6) is 0 Å². The molecule has 96 valence electrons. The molecule has 0 unspecified atom stereocenters. The van der Waals surface area contributed by atoms with Gasteiger partial charge in [0.05, 0.1) is 12.7 Å². The quantitative estimate of drug-likeness (QED) is 0.623. The van der Waals surface area contributed by atoms with Crippen LogP contribution >= 0.6 is 0 Å². The van der Waals surface area contributed by atoms with Crippen LogP contribution in [-0.4, -0.2) is 18.9 Å². The van der Waals surface area contributed by atoms with Crippen molar-refractivity contribution in [3.63, 3.8) is 0 Å². The van der Waals surface area contributed by atoms with Gasteiger partial charge in [-0.2, -0.15) is 0 Å². The average molecular weight is 254 g/mol. The van der Waals surface area contributed by atoms with Crippen LogP contribution in [0.2, 0.25) is 0 Å². The highest BCUT2D eigenvalue weighted by atomic mass is 16.5. The third-order valence-electron chi connectivity index (χ3n) is 2.91. The minimum absolute atomic E-state index is 0.0352. The molecular weight excluding hydrogens is 240 g/mol. The summed E-state index contributed by atoms with van der Waals surface area (Å²) in [4.78, 5) is 22.7. The zero-order valence-corrected chi connectivity index (χ0v) is 10.8. The van der Waals surface area contributed by atoms with Crippen molar-refractivity contribution in [1.82, 2.24) is 0 Å². The maximum Gasteiger partial charge on any atom is 0.337 e. The average Bonchev–Trinajstić information content (AvgIpc) is 2.46. The SMILES string of the molecule is COC(=O)c1ccc(-c2cccc(C(C)=O)c2)cc1. The Morgan fingerprint density at radius 1 is 0.895 bits per heavy atom. The van der Waals surface area contributed by atoms with Crippen molar-refractivity contribution >= 4 is 11.8 Å². The summed E-state index contributed by atoms with van der Waals surface area (Å²) in [6, 6.07) is 14.5. The summed E-state index contributed by atoms with van der Waals surface area (Å²) in [5.41, 5.74) is 3.09. The summed E-state index contributed by atoms with van der Waals surface area (Å²) in [6.45, 7) is 1.54. The highest BCUT2D eigenvalue weighted by Crippen LogP contribution is 2.21. The number of ketones is 1. The van der Waals surface area contributed by atoms with Gasteiger partial charge in [-0.25, -0.2) is 4.79 Å². The van der Waals surface area contributed by atoms with Crippen LogP contribution in [0.1, 0.15) is 27.6 Å². The molecule has 2 aromatic rings. The molecule has 0 saturated heterocycles. The van der Waals surface area contributed by atoms with E-state index in [1.807, 2.05) is 30.3 Å². The van der Waals surface area contributed by atoms with Crippen molar-refractivity contribution in [2.45, 2.75) is 6.92 Å². The zero-order chi connectivity index (χ0) is 13.8. The summed E-state index contributed by atoms with van der Waals surface area (Å²) in [5, 5.41) is 0. The van der Waals surface area contributed by atoms with E-state index in [1.165, 1.54) is 7.11 Å². The minimum Gasteiger partial charge on any atom is -0.465 e. The van der Waals surface area contributed by atoms with Crippen LogP contribution in [0.25, 0.3) is 11.1 Å². The molecule has 2 aromatic carbocycles. The van der Waals surface area contributed by atoms with Gasteiger partial charge in [0.25, 0.3) is 0 Å². The fraction of sp³-hybridized carbons (Fsp3) is 0.125. The molecule has 0 spiro atoms. The number of carbonyl (C=O) groups is 2. The van der Waals surface area contributed by atoms with Gasteiger partial charge in [-0.1, -0.05) is 30.3 Å². The second-order valence-corrected chi connectivity index (χ2v) is 4.21. The van der Waals surface area contributed by atoms with Crippen molar-refractivity contribution in [2.24, 2.45) is 0 Å². The molecular formula is C16H14O3. The van der Waals surface area contributed by atoms with Crippen LogP contribution in [0.4, 0.5) is 0 Å². The third-order valence-corrected chi connectivity index (χ3v) is 2.91. The second kappa shape index (κ2) is 5.48. The Bertz CT molecular complexity index is 612. The molecule has 0 aliphatic rings. The molecule has 0 aliphatic heterocycles. The fourth-order valence-corrected chi connectivity index (χ4v) is 1.83. The Morgan fingerprint density at radius 3 is 2.16 bits per heavy atom. The third kappa shape index (κ3) is 2.88. The van der Waals surface area contributed by atoms with E-state index in [2.05, 4.69) is 4.74 Å². The Morgan fingerprint density at radius 2 is 1.58 bits per heavy atom. The lowest BCUT2D eigenvalue weighted by molar-refractivity contribution is 0.0600. The molecule has 0 atom stereocenters. The van der Waals surface area contributed by atoms with Gasteiger partial charge in [-0.3, -0.25) is 4.79 Å². The summed E-state index contributed by atoms with van der Waals surface area (Å²) in [7, 11) is 1.35. The van der Waals surface area contributed by atoms with Crippen molar-refractivity contribution in [3.8, 4) is 11.1 Å². The van der Waals surface area contributed by atoms with Crippen molar-refractivity contribution < 1.29 is 14.3 Å². The first-order valence-corrected chi connectivity index (χ1v) is 5.91. The first-order valence-electron chi connectivity index (χ1n) is 5.91. The summed E-state index contributed by atoms with van der Waals surface area (Å²) < 4.78 is 4.65. The molecule has 0 heterocycles. The Labute approximate surface area is 111 Å². The Hall–Kier alpha value is -2.42. The van der Waals surface area contributed by atoms with Crippen LogP contribution in [0, 0.1) is 0 Å². The molecule has 0 fully saturated rings. The number of methoxy groups -OCH3 is 1. The minimum atomic E-state index is -0.357. The fourth-order valence-electron chi connectivity index (χ4n) is 1.83. The lowest BCUT2D eigenvalue weighted by Gasteiger charge is -2.05. The van der Waals surface area contributed by atoms with E-state index < -0.39 is 0 Å². The van der Waals surface area contributed by atoms with E-state index in [-0.39, 0.29) is 11.8 Å². The number of Topliss-reactive ketones (excluding diaryl/α,β-unsaturated/α-hetero) is 1. The monoisotopic (exact) mass is 254 g/mol. The number of esters is 1. The van der Waals surface area contributed by atoms with E-state index in [9.17, 15) is 9.59 Å². The molecule has 0 amide bonds. The van der Waals surface area contributed by atoms with Gasteiger partial charge in [0.15, 0.2) is 5.78 Å². The molecule has 0 radical (unpaired) electrons. The molecule has 0 aromatic heterocycles. The van der Waals surface area contributed by atoms with Crippen molar-refractivity contribution in [2.75, 3.05) is 7.11 Å². The number of rotatable bonds is 3. The van der Waals surface area contributed by atoms with E-state index in [4.69, 9.17) is 0 Å². The highest BCUT2D eigenvalue weighted by molar-refractivity contribution is 5.95. The lowest BCUT2D eigenvalue weighted by atomic mass is 10.0. The molecule has 19 heavy (non-hydrogen) atoms. The first-order chi connectivity index (χ1) is 9.11. The van der Waals surface area contributed by atoms with Crippen molar-refractivity contribution in [1.29, 1.82) is 0 Å². The number of carbonyl (C=O) groups excluding carboxylic acids is 2. The van der Waals surface area contributed by atoms with Crippen molar-refractivity contribution in [3.05, 3.63) is 59.7 Å². The topological polar surface area (TPSA) is 43.4 Å². The molecule has 2 rings (SSSR count). The zero-order valence-electron chi connectivity index (χ0n) is 10.8. The lowest BCUT2D eigenvalue weighted by Crippen LogP contribution is -2.00. The predicted molar refractivity (Wildman–Crippen MR) is 73.2 cm³/mol. The van der Waals surface area contributed by atoms with E-state index in [0.29, 0.717) is 11.1 Å². The number of ether oxygens (including phenoxy) is 1. The molecule has 0 aliphatic carbocycles. The molecule has 0 N–H and O–H groups in total. The molecule has 0 bridgehead atoms. The molecule has 0 saturated carbocycles. The van der Waals surface area contributed by atoms with Gasteiger partial charge >= 0.3 is 5.97 Å². The van der Waals surface area contributed by atoms with Crippen LogP contribution in [0.15, 0.2) is 48.5 Å². The van der Waals surface area contributed by atoms with Gasteiger partial charge in [-0.05, 0) is 36.2 Å². The van der Waals surface area contributed by atoms with Gasteiger partial charge in [0.2, 0.25) is 0 Å².